The molecule has 0 amide bonds. The van der Waals surface area contributed by atoms with Crippen LogP contribution in [-0.2, 0) is 14.3 Å². The van der Waals surface area contributed by atoms with E-state index in [1.807, 2.05) is 24.3 Å². The molecule has 2 saturated heterocycles. The zero-order valence-corrected chi connectivity index (χ0v) is 13.6. The Labute approximate surface area is 140 Å². The highest BCUT2D eigenvalue weighted by Gasteiger charge is 2.57. The summed E-state index contributed by atoms with van der Waals surface area (Å²) in [5.74, 6) is 0.760. The average Bonchev–Trinajstić information content (AvgIpc) is 3.11. The van der Waals surface area contributed by atoms with Gasteiger partial charge in [0.15, 0.2) is 0 Å². The van der Waals surface area contributed by atoms with Crippen LogP contribution in [0.25, 0.3) is 11.0 Å². The van der Waals surface area contributed by atoms with Crippen LogP contribution in [0, 0.1) is 11.3 Å². The third-order valence-corrected chi connectivity index (χ3v) is 4.73. The van der Waals surface area contributed by atoms with E-state index in [9.17, 15) is 4.79 Å². The van der Waals surface area contributed by atoms with Gasteiger partial charge in [-0.1, -0.05) is 12.1 Å². The number of aromatic nitrogens is 2. The lowest BCUT2D eigenvalue weighted by Crippen LogP contribution is -2.40. The third-order valence-electron chi connectivity index (χ3n) is 4.73. The van der Waals surface area contributed by atoms with E-state index in [1.54, 1.807) is 6.20 Å². The fraction of sp³-hybridized carbons (Fsp3) is 0.438. The maximum absolute atomic E-state index is 12.2. The number of ether oxygens (including phenoxy) is 2. The Morgan fingerprint density at radius 1 is 1.39 bits per heavy atom. The maximum atomic E-state index is 12.2. The first kappa shape index (κ1) is 16.0. The maximum Gasteiger partial charge on any atom is 0.316 e. The number of anilines is 1. The van der Waals surface area contributed by atoms with Gasteiger partial charge in [-0.2, -0.15) is 0 Å². The second-order valence-corrected chi connectivity index (χ2v) is 5.96. The second-order valence-electron chi connectivity index (χ2n) is 5.96. The summed E-state index contributed by atoms with van der Waals surface area (Å²) in [5, 5.41) is 0. The van der Waals surface area contributed by atoms with Gasteiger partial charge in [0.25, 0.3) is 0 Å². The van der Waals surface area contributed by atoms with Crippen molar-refractivity contribution in [2.45, 2.75) is 0 Å². The number of fused-ring (bicyclic) bond motifs is 2. The number of halogens is 1. The van der Waals surface area contributed by atoms with Gasteiger partial charge in [-0.25, -0.2) is 4.98 Å². The van der Waals surface area contributed by atoms with E-state index in [2.05, 4.69) is 14.9 Å². The standard InChI is InChI=1S/C16H17N3O3.ClH/c1-21-15(20)16-9-19(7-11(16)8-22-10-16)14-6-17-12-4-2-3-5-13(12)18-14;/h2-6,11H,7-10H2,1H3;1H/t11-,16-;/m0./s1. The summed E-state index contributed by atoms with van der Waals surface area (Å²) in [6.45, 7) is 2.31. The monoisotopic (exact) mass is 335 g/mol. The molecular weight excluding hydrogens is 318 g/mol. The van der Waals surface area contributed by atoms with Crippen molar-refractivity contribution >= 4 is 35.2 Å². The summed E-state index contributed by atoms with van der Waals surface area (Å²) < 4.78 is 10.5. The first-order valence-electron chi connectivity index (χ1n) is 7.36. The number of esters is 1. The molecule has 2 aliphatic rings. The lowest BCUT2D eigenvalue weighted by molar-refractivity contribution is -0.152. The topological polar surface area (TPSA) is 64.6 Å². The highest BCUT2D eigenvalue weighted by atomic mass is 35.5. The van der Waals surface area contributed by atoms with Crippen LogP contribution in [0.4, 0.5) is 5.82 Å². The average molecular weight is 336 g/mol. The Morgan fingerprint density at radius 3 is 2.96 bits per heavy atom. The highest BCUT2D eigenvalue weighted by Crippen LogP contribution is 2.43. The fourth-order valence-corrected chi connectivity index (χ4v) is 3.50. The van der Waals surface area contributed by atoms with E-state index in [1.165, 1.54) is 7.11 Å². The molecule has 0 unspecified atom stereocenters. The molecule has 0 radical (unpaired) electrons. The summed E-state index contributed by atoms with van der Waals surface area (Å²) in [5.41, 5.74) is 1.17. The van der Waals surface area contributed by atoms with E-state index in [4.69, 9.17) is 9.47 Å². The van der Waals surface area contributed by atoms with Crippen LogP contribution >= 0.6 is 12.4 Å². The third kappa shape index (κ3) is 2.42. The van der Waals surface area contributed by atoms with Crippen molar-refractivity contribution in [3.8, 4) is 0 Å². The van der Waals surface area contributed by atoms with E-state index in [0.29, 0.717) is 19.8 Å². The van der Waals surface area contributed by atoms with Crippen LogP contribution in [0.5, 0.6) is 0 Å². The fourth-order valence-electron chi connectivity index (χ4n) is 3.50. The molecule has 0 spiro atoms. The summed E-state index contributed by atoms with van der Waals surface area (Å²) in [4.78, 5) is 23.5. The molecule has 2 fully saturated rings. The minimum atomic E-state index is -0.567. The van der Waals surface area contributed by atoms with Crippen molar-refractivity contribution in [3.05, 3.63) is 30.5 Å². The molecular formula is C16H18ClN3O3. The molecule has 6 nitrogen and oxygen atoms in total. The predicted octanol–water partition coefficient (Wildman–Crippen LogP) is 1.68. The molecule has 0 bridgehead atoms. The van der Waals surface area contributed by atoms with Gasteiger partial charge in [-0.15, -0.1) is 12.4 Å². The zero-order chi connectivity index (χ0) is 15.2. The van der Waals surface area contributed by atoms with Crippen LogP contribution in [0.15, 0.2) is 30.5 Å². The Hall–Kier alpha value is -1.92. The molecule has 2 aromatic rings. The molecule has 0 aliphatic carbocycles. The number of nitrogens with zero attached hydrogens (tertiary/aromatic N) is 3. The van der Waals surface area contributed by atoms with Gasteiger partial charge in [0.2, 0.25) is 0 Å². The van der Waals surface area contributed by atoms with E-state index < -0.39 is 5.41 Å². The number of carbonyl (C=O) groups is 1. The van der Waals surface area contributed by atoms with Crippen LogP contribution in [0.2, 0.25) is 0 Å². The number of rotatable bonds is 2. The molecule has 122 valence electrons. The van der Waals surface area contributed by atoms with Crippen molar-refractivity contribution < 1.29 is 14.3 Å². The van der Waals surface area contributed by atoms with Crippen molar-refractivity contribution in [3.63, 3.8) is 0 Å². The number of methoxy groups -OCH3 is 1. The molecule has 23 heavy (non-hydrogen) atoms. The summed E-state index contributed by atoms with van der Waals surface area (Å²) in [7, 11) is 1.44. The Kier molecular flexibility index (Phi) is 4.12. The molecule has 1 aromatic heterocycles. The van der Waals surface area contributed by atoms with Gasteiger partial charge in [0.05, 0.1) is 37.6 Å². The molecule has 7 heteroatoms. The minimum absolute atomic E-state index is 0. The van der Waals surface area contributed by atoms with Crippen molar-refractivity contribution in [2.75, 3.05) is 38.3 Å². The zero-order valence-electron chi connectivity index (χ0n) is 12.8. The first-order chi connectivity index (χ1) is 10.7. The van der Waals surface area contributed by atoms with Gasteiger partial charge in [0, 0.05) is 19.0 Å². The molecule has 2 atom stereocenters. The lowest BCUT2D eigenvalue weighted by Gasteiger charge is -2.24. The van der Waals surface area contributed by atoms with Crippen molar-refractivity contribution in [1.82, 2.24) is 9.97 Å². The number of carbonyl (C=O) groups excluding carboxylic acids is 1. The van der Waals surface area contributed by atoms with Gasteiger partial charge >= 0.3 is 5.97 Å². The van der Waals surface area contributed by atoms with Gasteiger partial charge in [-0.3, -0.25) is 9.78 Å². The Bertz CT molecular complexity index is 741. The van der Waals surface area contributed by atoms with Crippen LogP contribution in [-0.4, -0.2) is 49.4 Å². The summed E-state index contributed by atoms with van der Waals surface area (Å²) in [6.07, 6.45) is 1.77. The number of benzene rings is 1. The SMILES string of the molecule is COC(=O)[C@@]12COC[C@@H]1CN(c1cnc3ccccc3n1)C2.Cl. The van der Waals surface area contributed by atoms with Gasteiger partial charge in [-0.05, 0) is 12.1 Å². The molecule has 0 saturated carbocycles. The predicted molar refractivity (Wildman–Crippen MR) is 87.8 cm³/mol. The second kappa shape index (κ2) is 5.94. The highest BCUT2D eigenvalue weighted by molar-refractivity contribution is 5.85. The normalized spacial score (nSPS) is 26.0. The van der Waals surface area contributed by atoms with Crippen molar-refractivity contribution in [2.24, 2.45) is 11.3 Å². The number of hydrogen-bond acceptors (Lipinski definition) is 6. The quantitative estimate of drug-likeness (QED) is 0.778. The largest absolute Gasteiger partial charge is 0.468 e. The molecule has 3 heterocycles. The summed E-state index contributed by atoms with van der Waals surface area (Å²) in [6, 6.07) is 7.78. The smallest absolute Gasteiger partial charge is 0.316 e. The number of hydrogen-bond donors (Lipinski definition) is 0. The molecule has 0 N–H and O–H groups in total. The Balaban J connectivity index is 0.00000156. The van der Waals surface area contributed by atoms with E-state index in [-0.39, 0.29) is 24.3 Å². The number of para-hydroxylation sites is 2. The van der Waals surface area contributed by atoms with E-state index in [0.717, 1.165) is 23.4 Å². The molecule has 4 rings (SSSR count). The van der Waals surface area contributed by atoms with Crippen LogP contribution < -0.4 is 4.90 Å². The van der Waals surface area contributed by atoms with Crippen LogP contribution in [0.1, 0.15) is 0 Å². The molecule has 1 aromatic carbocycles. The first-order valence-corrected chi connectivity index (χ1v) is 7.36. The van der Waals surface area contributed by atoms with Gasteiger partial charge in [0.1, 0.15) is 11.2 Å². The minimum Gasteiger partial charge on any atom is -0.468 e. The summed E-state index contributed by atoms with van der Waals surface area (Å²) >= 11 is 0. The lowest BCUT2D eigenvalue weighted by atomic mass is 9.81. The van der Waals surface area contributed by atoms with Crippen LogP contribution in [0.3, 0.4) is 0 Å². The Morgan fingerprint density at radius 2 is 2.17 bits per heavy atom. The van der Waals surface area contributed by atoms with Crippen molar-refractivity contribution in [1.29, 1.82) is 0 Å². The molecule has 2 aliphatic heterocycles. The van der Waals surface area contributed by atoms with Gasteiger partial charge < -0.3 is 14.4 Å². The van der Waals surface area contributed by atoms with E-state index >= 15 is 0 Å².